The number of carbonyl (C=O) groups excluding carboxylic acids is 1. The molecule has 1 saturated heterocycles. The highest BCUT2D eigenvalue weighted by Crippen LogP contribution is 2.47. The normalized spacial score (nSPS) is 20.8. The summed E-state index contributed by atoms with van der Waals surface area (Å²) in [5.74, 6) is -0.221. The van der Waals surface area contributed by atoms with Gasteiger partial charge in [0.05, 0.1) is 22.8 Å². The van der Waals surface area contributed by atoms with Crippen molar-refractivity contribution < 1.29 is 23.9 Å². The zero-order valence-electron chi connectivity index (χ0n) is 15.2. The monoisotopic (exact) mass is 372 g/mol. The van der Waals surface area contributed by atoms with Crippen LogP contribution < -0.4 is 9.47 Å². The van der Waals surface area contributed by atoms with E-state index in [0.29, 0.717) is 47.0 Å². The highest BCUT2D eigenvalue weighted by Gasteiger charge is 2.46. The third kappa shape index (κ3) is 2.72. The minimum Gasteiger partial charge on any atom is -0.463 e. The average molecular weight is 372 g/mol. The predicted octanol–water partition coefficient (Wildman–Crippen LogP) is 2.93. The zero-order chi connectivity index (χ0) is 19.1. The Hall–Kier alpha value is -3.03. The number of benzene rings is 1. The maximum absolute atomic E-state index is 12.8. The van der Waals surface area contributed by atoms with Crippen LogP contribution in [0, 0.1) is 10.1 Å². The number of allylic oxidation sites excluding steroid dienone is 3. The van der Waals surface area contributed by atoms with Crippen LogP contribution in [0.5, 0.6) is 11.5 Å². The van der Waals surface area contributed by atoms with Crippen LogP contribution >= 0.6 is 0 Å². The smallest absolute Gasteiger partial charge is 0.336 e. The second-order valence-electron chi connectivity index (χ2n) is 6.61. The van der Waals surface area contributed by atoms with Gasteiger partial charge in [-0.1, -0.05) is 6.07 Å². The van der Waals surface area contributed by atoms with Crippen molar-refractivity contribution in [2.45, 2.75) is 32.6 Å². The topological polar surface area (TPSA) is 91.1 Å². The summed E-state index contributed by atoms with van der Waals surface area (Å²) >= 11 is 0. The van der Waals surface area contributed by atoms with Gasteiger partial charge in [-0.3, -0.25) is 10.1 Å². The largest absolute Gasteiger partial charge is 0.463 e. The van der Waals surface area contributed by atoms with Crippen LogP contribution in [0.3, 0.4) is 0 Å². The van der Waals surface area contributed by atoms with E-state index in [9.17, 15) is 14.9 Å². The van der Waals surface area contributed by atoms with Gasteiger partial charge in [0.2, 0.25) is 6.79 Å². The number of rotatable bonds is 4. The molecule has 0 spiro atoms. The fourth-order valence-corrected chi connectivity index (χ4v) is 4.07. The molecule has 1 aromatic rings. The second-order valence-corrected chi connectivity index (χ2v) is 6.61. The second kappa shape index (κ2) is 6.61. The quantitative estimate of drug-likeness (QED) is 0.456. The number of hydrogen-bond acceptors (Lipinski definition) is 7. The number of ether oxygens (including phenoxy) is 3. The summed E-state index contributed by atoms with van der Waals surface area (Å²) in [6.45, 7) is 4.52. The van der Waals surface area contributed by atoms with Gasteiger partial charge in [-0.05, 0) is 44.4 Å². The Balaban J connectivity index is 1.91. The van der Waals surface area contributed by atoms with Crippen LogP contribution in [0.2, 0.25) is 0 Å². The van der Waals surface area contributed by atoms with E-state index in [1.54, 1.807) is 25.1 Å². The van der Waals surface area contributed by atoms with Crippen molar-refractivity contribution in [3.63, 3.8) is 0 Å². The summed E-state index contributed by atoms with van der Waals surface area (Å²) in [7, 11) is 0. The molecule has 27 heavy (non-hydrogen) atoms. The van der Waals surface area contributed by atoms with Gasteiger partial charge in [0, 0.05) is 12.2 Å². The van der Waals surface area contributed by atoms with Crippen molar-refractivity contribution in [3.8, 4) is 11.5 Å². The maximum atomic E-state index is 12.8. The third-order valence-electron chi connectivity index (χ3n) is 5.20. The summed E-state index contributed by atoms with van der Waals surface area (Å²) in [6, 6.07) is 5.19. The van der Waals surface area contributed by atoms with E-state index in [2.05, 4.69) is 0 Å². The average Bonchev–Trinajstić information content (AvgIpc) is 3.29. The van der Waals surface area contributed by atoms with Crippen molar-refractivity contribution in [2.75, 3.05) is 19.9 Å². The Bertz CT molecular complexity index is 888. The van der Waals surface area contributed by atoms with E-state index < -0.39 is 11.9 Å². The highest BCUT2D eigenvalue weighted by atomic mass is 16.7. The summed E-state index contributed by atoms with van der Waals surface area (Å²) in [4.78, 5) is 26.3. The van der Waals surface area contributed by atoms with Crippen LogP contribution in [-0.4, -0.2) is 35.7 Å². The number of fused-ring (bicyclic) bond motifs is 2. The molecule has 1 fully saturated rings. The molecule has 4 rings (SSSR count). The zero-order valence-corrected chi connectivity index (χ0v) is 15.2. The molecule has 0 saturated carbocycles. The molecule has 0 aliphatic carbocycles. The van der Waals surface area contributed by atoms with Crippen molar-refractivity contribution >= 4 is 5.97 Å². The van der Waals surface area contributed by atoms with Crippen LogP contribution in [0.1, 0.15) is 38.2 Å². The van der Waals surface area contributed by atoms with E-state index in [1.807, 2.05) is 11.8 Å². The Morgan fingerprint density at radius 2 is 2.15 bits per heavy atom. The molecular formula is C19H20N2O6. The van der Waals surface area contributed by atoms with E-state index in [0.717, 1.165) is 6.42 Å². The van der Waals surface area contributed by atoms with Crippen molar-refractivity contribution in [2.24, 2.45) is 0 Å². The molecule has 8 nitrogen and oxygen atoms in total. The van der Waals surface area contributed by atoms with Gasteiger partial charge in [-0.25, -0.2) is 4.79 Å². The molecule has 8 heteroatoms. The van der Waals surface area contributed by atoms with Gasteiger partial charge in [0.15, 0.2) is 11.5 Å². The maximum Gasteiger partial charge on any atom is 0.336 e. The first-order valence-electron chi connectivity index (χ1n) is 8.95. The molecule has 142 valence electrons. The van der Waals surface area contributed by atoms with E-state index >= 15 is 0 Å². The molecule has 0 N–H and O–H groups in total. The van der Waals surface area contributed by atoms with Gasteiger partial charge in [0.1, 0.15) is 5.92 Å². The van der Waals surface area contributed by atoms with E-state index in [1.165, 1.54) is 0 Å². The first kappa shape index (κ1) is 17.4. The summed E-state index contributed by atoms with van der Waals surface area (Å²) < 4.78 is 16.0. The van der Waals surface area contributed by atoms with E-state index in [-0.39, 0.29) is 24.0 Å². The molecular weight excluding hydrogens is 352 g/mol. The van der Waals surface area contributed by atoms with E-state index in [4.69, 9.17) is 14.2 Å². The summed E-state index contributed by atoms with van der Waals surface area (Å²) in [5, 5.41) is 12.0. The standard InChI is InChI=1S/C19H20N2O6/c1-3-25-19(22)16-11(2)20-8-4-5-13(20)18(21(23)24)17(16)12-6-7-14-15(9-12)27-10-26-14/h6-7,9,17H,3-5,8,10H2,1-2H3/t17-/m0/s1. The lowest BCUT2D eigenvalue weighted by Crippen LogP contribution is -2.33. The summed E-state index contributed by atoms with van der Waals surface area (Å²) in [6.07, 6.45) is 1.43. The minimum absolute atomic E-state index is 0.0417. The number of esters is 1. The fraction of sp³-hybridized carbons (Fsp3) is 0.421. The van der Waals surface area contributed by atoms with Gasteiger partial charge in [0.25, 0.3) is 5.70 Å². The van der Waals surface area contributed by atoms with Crippen LogP contribution in [0.4, 0.5) is 0 Å². The SMILES string of the molecule is CCOC(=O)C1=C(C)N2CCCC2=C([N+](=O)[O-])[C@H]1c1ccc2c(c1)OCO2. The van der Waals surface area contributed by atoms with Gasteiger partial charge < -0.3 is 19.1 Å². The van der Waals surface area contributed by atoms with Crippen molar-refractivity contribution in [3.05, 3.63) is 56.5 Å². The number of carbonyl (C=O) groups is 1. The third-order valence-corrected chi connectivity index (χ3v) is 5.20. The molecule has 3 aliphatic heterocycles. The molecule has 0 unspecified atom stereocenters. The van der Waals surface area contributed by atoms with Crippen LogP contribution in [0.25, 0.3) is 0 Å². The van der Waals surface area contributed by atoms with Crippen molar-refractivity contribution in [1.29, 1.82) is 0 Å². The Kier molecular flexibility index (Phi) is 4.25. The number of nitro groups is 1. The van der Waals surface area contributed by atoms with Gasteiger partial charge in [-0.15, -0.1) is 0 Å². The molecule has 0 bridgehead atoms. The molecule has 0 aromatic heterocycles. The predicted molar refractivity (Wildman–Crippen MR) is 94.6 cm³/mol. The molecule has 1 atom stereocenters. The lowest BCUT2D eigenvalue weighted by Gasteiger charge is -2.32. The van der Waals surface area contributed by atoms with Crippen molar-refractivity contribution in [1.82, 2.24) is 4.90 Å². The van der Waals surface area contributed by atoms with Crippen LogP contribution in [0.15, 0.2) is 40.9 Å². The fourth-order valence-electron chi connectivity index (χ4n) is 4.07. The first-order chi connectivity index (χ1) is 13.0. The summed E-state index contributed by atoms with van der Waals surface area (Å²) in [5.41, 5.74) is 2.36. The molecule has 0 radical (unpaired) electrons. The lowest BCUT2D eigenvalue weighted by molar-refractivity contribution is -0.431. The molecule has 3 aliphatic rings. The Labute approximate surface area is 156 Å². The highest BCUT2D eigenvalue weighted by molar-refractivity contribution is 5.92. The molecule has 0 amide bonds. The molecule has 1 aromatic carbocycles. The Morgan fingerprint density at radius 1 is 1.37 bits per heavy atom. The van der Waals surface area contributed by atoms with Crippen LogP contribution in [-0.2, 0) is 9.53 Å². The van der Waals surface area contributed by atoms with Gasteiger partial charge in [-0.2, -0.15) is 0 Å². The van der Waals surface area contributed by atoms with Gasteiger partial charge >= 0.3 is 5.97 Å². The molecule has 3 heterocycles. The number of nitrogens with zero attached hydrogens (tertiary/aromatic N) is 2. The minimum atomic E-state index is -0.808. The first-order valence-corrected chi connectivity index (χ1v) is 8.95. The lowest BCUT2D eigenvalue weighted by atomic mass is 9.83. The number of hydrogen-bond donors (Lipinski definition) is 0. The Morgan fingerprint density at radius 3 is 2.89 bits per heavy atom.